The van der Waals surface area contributed by atoms with E-state index >= 15 is 0 Å². The average molecular weight is 366 g/mol. The molecular weight excluding hydrogens is 338 g/mol. The molecule has 5 nitrogen and oxygen atoms in total. The number of unbranched alkanes of at least 4 members (excludes halogenated alkanes) is 2. The fourth-order valence-corrected chi connectivity index (χ4v) is 3.51. The van der Waals surface area contributed by atoms with E-state index in [2.05, 4.69) is 41.9 Å². The first-order valence-corrected chi connectivity index (χ1v) is 10.1. The van der Waals surface area contributed by atoms with Gasteiger partial charge in [-0.2, -0.15) is 0 Å². The number of fused-ring (bicyclic) bond motifs is 3. The number of nitrogens with zero attached hydrogens (tertiary/aromatic N) is 2. The summed E-state index contributed by atoms with van der Waals surface area (Å²) >= 11 is 0. The van der Waals surface area contributed by atoms with Crippen LogP contribution < -0.4 is 20.0 Å². The molecule has 0 radical (unpaired) electrons. The zero-order chi connectivity index (χ0) is 18.6. The Morgan fingerprint density at radius 2 is 1.89 bits per heavy atom. The zero-order valence-electron chi connectivity index (χ0n) is 16.3. The van der Waals surface area contributed by atoms with E-state index in [-0.39, 0.29) is 0 Å². The average Bonchev–Trinajstić information content (AvgIpc) is 2.70. The number of hydrogen-bond donors (Lipinski definition) is 1. The van der Waals surface area contributed by atoms with Gasteiger partial charge in [-0.25, -0.2) is 9.56 Å². The summed E-state index contributed by atoms with van der Waals surface area (Å²) in [6.45, 7) is 8.13. The van der Waals surface area contributed by atoms with Crippen molar-refractivity contribution in [3.05, 3.63) is 35.7 Å². The molecule has 0 aromatic heterocycles. The number of hydrogen-bond acceptors (Lipinski definition) is 4. The van der Waals surface area contributed by atoms with Gasteiger partial charge in [-0.15, -0.1) is 0 Å². The number of aromatic nitrogens is 1. The van der Waals surface area contributed by atoms with E-state index < -0.39 is 0 Å². The smallest absolute Gasteiger partial charge is 0.203 e. The Morgan fingerprint density at radius 3 is 2.67 bits per heavy atom. The summed E-state index contributed by atoms with van der Waals surface area (Å²) in [5, 5.41) is 4.57. The molecular formula is C22H28N3O2+. The predicted molar refractivity (Wildman–Crippen MR) is 109 cm³/mol. The lowest BCUT2D eigenvalue weighted by Gasteiger charge is -2.19. The number of rotatable bonds is 6. The van der Waals surface area contributed by atoms with Crippen LogP contribution in [0.2, 0.25) is 0 Å². The van der Waals surface area contributed by atoms with Crippen molar-refractivity contribution in [2.45, 2.75) is 39.5 Å². The van der Waals surface area contributed by atoms with Crippen LogP contribution in [0.15, 0.2) is 34.7 Å². The van der Waals surface area contributed by atoms with E-state index in [1.54, 1.807) is 0 Å². The highest BCUT2D eigenvalue weighted by Crippen LogP contribution is 2.33. The molecule has 27 heavy (non-hydrogen) atoms. The van der Waals surface area contributed by atoms with Crippen molar-refractivity contribution in [3.8, 4) is 17.2 Å². The first-order valence-electron chi connectivity index (χ1n) is 10.1. The van der Waals surface area contributed by atoms with Gasteiger partial charge in [0, 0.05) is 37.6 Å². The van der Waals surface area contributed by atoms with Crippen molar-refractivity contribution < 1.29 is 9.15 Å². The molecule has 142 valence electrons. The Balaban J connectivity index is 1.81. The lowest BCUT2D eigenvalue weighted by molar-refractivity contribution is 0.323. The van der Waals surface area contributed by atoms with Crippen LogP contribution in [0.3, 0.4) is 0 Å². The van der Waals surface area contributed by atoms with E-state index in [1.165, 1.54) is 31.0 Å². The summed E-state index contributed by atoms with van der Waals surface area (Å²) < 4.78 is 14.4. The summed E-state index contributed by atoms with van der Waals surface area (Å²) in [6.07, 6.45) is 4.80. The summed E-state index contributed by atoms with van der Waals surface area (Å²) in [5.41, 5.74) is 3.46. The Morgan fingerprint density at radius 1 is 1.07 bits per heavy atom. The molecule has 0 saturated heterocycles. The molecule has 5 heteroatoms. The molecule has 3 aliphatic rings. The van der Waals surface area contributed by atoms with Gasteiger partial charge < -0.3 is 14.5 Å². The second-order valence-corrected chi connectivity index (χ2v) is 7.15. The maximum Gasteiger partial charge on any atom is 0.203 e. The Hall–Kier alpha value is -2.56. The molecule has 0 atom stereocenters. The zero-order valence-corrected chi connectivity index (χ0v) is 16.3. The molecule has 1 N–H and O–H groups in total. The molecule has 1 aromatic rings. The minimum absolute atomic E-state index is 0.679. The van der Waals surface area contributed by atoms with E-state index in [9.17, 15) is 0 Å². The van der Waals surface area contributed by atoms with Crippen LogP contribution in [0, 0.1) is 0 Å². The van der Waals surface area contributed by atoms with Gasteiger partial charge in [-0.3, -0.25) is 0 Å². The van der Waals surface area contributed by atoms with E-state index in [4.69, 9.17) is 14.1 Å². The van der Waals surface area contributed by atoms with Crippen molar-refractivity contribution in [2.24, 2.45) is 0 Å². The summed E-state index contributed by atoms with van der Waals surface area (Å²) in [7, 11) is 0. The standard InChI is InChI=1S/C22H27N3O2/c1-3-5-10-25(11-6-4-2)16-7-8-17-21(13-16)27-22-14-18-20(15-19(22)24-17)26-12-9-23-18/h7-8,13-15H,3-6,9-12H2,1-2H3/p+1. The van der Waals surface area contributed by atoms with Gasteiger partial charge in [0.05, 0.1) is 11.8 Å². The van der Waals surface area contributed by atoms with Gasteiger partial charge in [0.15, 0.2) is 11.3 Å². The third-order valence-electron chi connectivity index (χ3n) is 5.07. The van der Waals surface area contributed by atoms with E-state index in [0.29, 0.717) is 6.61 Å². The largest absolute Gasteiger partial charge is 0.490 e. The number of benzene rings is 2. The molecule has 0 bridgehead atoms. The van der Waals surface area contributed by atoms with Gasteiger partial charge in [-0.05, 0) is 6.07 Å². The third kappa shape index (κ3) is 3.77. The minimum Gasteiger partial charge on any atom is -0.490 e. The van der Waals surface area contributed by atoms with Crippen LogP contribution >= 0.6 is 0 Å². The van der Waals surface area contributed by atoms with Crippen LogP contribution in [0.4, 0.5) is 5.69 Å². The fourth-order valence-electron chi connectivity index (χ4n) is 3.51. The maximum atomic E-state index is 6.23. The van der Waals surface area contributed by atoms with Crippen LogP contribution in [0.25, 0.3) is 22.6 Å². The first-order chi connectivity index (χ1) is 13.3. The van der Waals surface area contributed by atoms with Gasteiger partial charge in [0.25, 0.3) is 0 Å². The lowest BCUT2D eigenvalue weighted by atomic mass is 10.2. The predicted octanol–water partition coefficient (Wildman–Crippen LogP) is 4.11. The second-order valence-electron chi connectivity index (χ2n) is 7.15. The first kappa shape index (κ1) is 17.8. The van der Waals surface area contributed by atoms with Crippen LogP contribution in [-0.2, 0) is 0 Å². The molecule has 0 unspecified atom stereocenters. The van der Waals surface area contributed by atoms with Gasteiger partial charge in [0.1, 0.15) is 36.7 Å². The van der Waals surface area contributed by atoms with E-state index in [0.717, 1.165) is 53.6 Å². The molecule has 2 aliphatic heterocycles. The van der Waals surface area contributed by atoms with Gasteiger partial charge in [0.2, 0.25) is 5.36 Å². The van der Waals surface area contributed by atoms with Crippen LogP contribution in [-0.4, -0.2) is 31.2 Å². The van der Waals surface area contributed by atoms with Crippen molar-refractivity contribution in [1.82, 2.24) is 9.56 Å². The Kier molecular flexibility index (Phi) is 5.28. The molecule has 0 spiro atoms. The number of nitrogens with one attached hydrogen (secondary N) is 1. The van der Waals surface area contributed by atoms with Crippen LogP contribution in [0.1, 0.15) is 39.5 Å². The van der Waals surface area contributed by atoms with Crippen molar-refractivity contribution in [1.29, 1.82) is 0 Å². The molecule has 1 aliphatic carbocycles. The maximum absolute atomic E-state index is 6.23. The summed E-state index contributed by atoms with van der Waals surface area (Å²) in [6, 6.07) is 10.3. The second kappa shape index (κ2) is 7.99. The molecule has 1 aromatic carbocycles. The van der Waals surface area contributed by atoms with Crippen molar-refractivity contribution >= 4 is 16.8 Å². The molecule has 0 saturated carbocycles. The minimum atomic E-state index is 0.679. The number of anilines is 1. The monoisotopic (exact) mass is 366 g/mol. The Bertz CT molecular complexity index is 967. The highest BCUT2D eigenvalue weighted by molar-refractivity contribution is 5.83. The normalized spacial score (nSPS) is 13.3. The molecule has 4 rings (SSSR count). The SMILES string of the molecule is CCCC[N+](CCCC)=c1ccc2nc3cc4c(cc3oc-2c1)NCCO4. The van der Waals surface area contributed by atoms with Crippen LogP contribution in [0.5, 0.6) is 5.75 Å². The van der Waals surface area contributed by atoms with Crippen molar-refractivity contribution in [3.63, 3.8) is 0 Å². The Labute approximate surface area is 160 Å². The molecule has 0 fully saturated rings. The highest BCUT2D eigenvalue weighted by Gasteiger charge is 2.16. The summed E-state index contributed by atoms with van der Waals surface area (Å²) in [5.74, 6) is 1.67. The third-order valence-corrected chi connectivity index (χ3v) is 5.07. The quantitative estimate of drug-likeness (QED) is 0.527. The number of ether oxygens (including phenoxy) is 1. The fraction of sp³-hybridized carbons (Fsp3) is 0.455. The topological polar surface area (TPSA) is 50.3 Å². The van der Waals surface area contributed by atoms with E-state index in [1.807, 2.05) is 12.1 Å². The molecule has 2 heterocycles. The molecule has 0 amide bonds. The lowest BCUT2D eigenvalue weighted by Crippen LogP contribution is -2.31. The van der Waals surface area contributed by atoms with Crippen molar-refractivity contribution in [2.75, 3.05) is 31.6 Å². The highest BCUT2D eigenvalue weighted by atomic mass is 16.5. The van der Waals surface area contributed by atoms with Gasteiger partial charge in [-0.1, -0.05) is 26.7 Å². The summed E-state index contributed by atoms with van der Waals surface area (Å²) in [4.78, 5) is 4.79. The van der Waals surface area contributed by atoms with Gasteiger partial charge >= 0.3 is 0 Å².